The summed E-state index contributed by atoms with van der Waals surface area (Å²) in [6, 6.07) is 10.3. The van der Waals surface area contributed by atoms with Crippen LogP contribution in [-0.2, 0) is 9.53 Å². The van der Waals surface area contributed by atoms with Crippen LogP contribution < -0.4 is 9.47 Å². The van der Waals surface area contributed by atoms with Gasteiger partial charge in [-0.05, 0) is 55.3 Å². The van der Waals surface area contributed by atoms with Gasteiger partial charge in [-0.3, -0.25) is 0 Å². The summed E-state index contributed by atoms with van der Waals surface area (Å²) in [6.45, 7) is 5.03. The van der Waals surface area contributed by atoms with E-state index >= 15 is 0 Å². The standard InChI is InChI=1S/C21H19Cl2NO4/c1-3-9-27-18-8-5-13(11-19(18)26-4-2)10-17-21(25)28-20(24-17)15-7-6-14(22)12-16(15)23/h5-8,10-12H,3-4,9H2,1-2H3/b17-10-. The summed E-state index contributed by atoms with van der Waals surface area (Å²) in [5.74, 6) is 0.870. The normalized spacial score (nSPS) is 14.8. The Kier molecular flexibility index (Phi) is 6.60. The van der Waals surface area contributed by atoms with Gasteiger partial charge in [0.15, 0.2) is 17.2 Å². The number of esters is 1. The molecule has 1 heterocycles. The first-order chi connectivity index (χ1) is 13.5. The number of benzene rings is 2. The van der Waals surface area contributed by atoms with Crippen molar-refractivity contribution in [3.05, 3.63) is 63.3 Å². The molecule has 1 aliphatic heterocycles. The van der Waals surface area contributed by atoms with Crippen LogP contribution in [0.3, 0.4) is 0 Å². The molecule has 2 aromatic carbocycles. The Labute approximate surface area is 173 Å². The number of rotatable bonds is 7. The van der Waals surface area contributed by atoms with Gasteiger partial charge in [-0.25, -0.2) is 9.79 Å². The lowest BCUT2D eigenvalue weighted by atomic mass is 10.1. The molecular formula is C21H19Cl2NO4. The third-order valence-electron chi connectivity index (χ3n) is 3.81. The van der Waals surface area contributed by atoms with Crippen molar-refractivity contribution in [2.45, 2.75) is 20.3 Å². The highest BCUT2D eigenvalue weighted by molar-refractivity contribution is 6.37. The number of aliphatic imine (C=N–C) groups is 1. The van der Waals surface area contributed by atoms with Crippen molar-refractivity contribution in [1.82, 2.24) is 0 Å². The fourth-order valence-electron chi connectivity index (χ4n) is 2.56. The van der Waals surface area contributed by atoms with Crippen molar-refractivity contribution in [3.8, 4) is 11.5 Å². The second-order valence-electron chi connectivity index (χ2n) is 5.95. The van der Waals surface area contributed by atoms with Gasteiger partial charge in [0.2, 0.25) is 5.90 Å². The quantitative estimate of drug-likeness (QED) is 0.437. The van der Waals surface area contributed by atoms with Crippen molar-refractivity contribution in [1.29, 1.82) is 0 Å². The van der Waals surface area contributed by atoms with Gasteiger partial charge in [0.25, 0.3) is 0 Å². The van der Waals surface area contributed by atoms with E-state index in [-0.39, 0.29) is 11.6 Å². The van der Waals surface area contributed by atoms with Crippen LogP contribution in [0.1, 0.15) is 31.4 Å². The highest BCUT2D eigenvalue weighted by Gasteiger charge is 2.25. The van der Waals surface area contributed by atoms with Gasteiger partial charge in [-0.15, -0.1) is 0 Å². The highest BCUT2D eigenvalue weighted by atomic mass is 35.5. The van der Waals surface area contributed by atoms with Gasteiger partial charge >= 0.3 is 5.97 Å². The highest BCUT2D eigenvalue weighted by Crippen LogP contribution is 2.31. The topological polar surface area (TPSA) is 57.1 Å². The van der Waals surface area contributed by atoms with Gasteiger partial charge in [0.05, 0.1) is 23.8 Å². The minimum absolute atomic E-state index is 0.144. The largest absolute Gasteiger partial charge is 0.490 e. The molecule has 0 saturated carbocycles. The van der Waals surface area contributed by atoms with E-state index in [4.69, 9.17) is 37.4 Å². The van der Waals surface area contributed by atoms with Gasteiger partial charge < -0.3 is 14.2 Å². The molecule has 2 aromatic rings. The minimum atomic E-state index is -0.551. The van der Waals surface area contributed by atoms with Crippen molar-refractivity contribution >= 4 is 41.1 Å². The molecular weight excluding hydrogens is 401 g/mol. The van der Waals surface area contributed by atoms with Crippen LogP contribution in [0.4, 0.5) is 0 Å². The SMILES string of the molecule is CCCOc1ccc(/C=C2\N=C(c3ccc(Cl)cc3Cl)OC2=O)cc1OCC. The smallest absolute Gasteiger partial charge is 0.363 e. The van der Waals surface area contributed by atoms with Gasteiger partial charge in [-0.2, -0.15) is 0 Å². The Hall–Kier alpha value is -2.50. The summed E-state index contributed by atoms with van der Waals surface area (Å²) in [4.78, 5) is 16.5. The number of nitrogens with zero attached hydrogens (tertiary/aromatic N) is 1. The number of carbonyl (C=O) groups excluding carboxylic acids is 1. The molecule has 0 fully saturated rings. The Bertz CT molecular complexity index is 953. The maximum Gasteiger partial charge on any atom is 0.363 e. The lowest BCUT2D eigenvalue weighted by Crippen LogP contribution is -2.06. The first kappa shape index (κ1) is 20.2. The van der Waals surface area contributed by atoms with Crippen molar-refractivity contribution in [2.75, 3.05) is 13.2 Å². The van der Waals surface area contributed by atoms with Crippen LogP contribution in [-0.4, -0.2) is 25.1 Å². The molecule has 1 aliphatic rings. The van der Waals surface area contributed by atoms with Crippen LogP contribution in [0, 0.1) is 0 Å². The van der Waals surface area contributed by atoms with Crippen LogP contribution in [0.2, 0.25) is 10.0 Å². The van der Waals surface area contributed by atoms with E-state index in [9.17, 15) is 4.79 Å². The van der Waals surface area contributed by atoms with E-state index in [1.807, 2.05) is 26.0 Å². The van der Waals surface area contributed by atoms with E-state index in [0.29, 0.717) is 40.3 Å². The zero-order valence-corrected chi connectivity index (χ0v) is 17.0. The number of cyclic esters (lactones) is 1. The summed E-state index contributed by atoms with van der Waals surface area (Å²) in [7, 11) is 0. The second kappa shape index (κ2) is 9.13. The summed E-state index contributed by atoms with van der Waals surface area (Å²) < 4.78 is 16.6. The van der Waals surface area contributed by atoms with E-state index < -0.39 is 5.97 Å². The fourth-order valence-corrected chi connectivity index (χ4v) is 3.05. The molecule has 7 heteroatoms. The Balaban J connectivity index is 1.90. The van der Waals surface area contributed by atoms with Crippen LogP contribution in [0.5, 0.6) is 11.5 Å². The number of ether oxygens (including phenoxy) is 3. The Morgan fingerprint density at radius 1 is 1.07 bits per heavy atom. The monoisotopic (exact) mass is 419 g/mol. The van der Waals surface area contributed by atoms with E-state index in [1.54, 1.807) is 30.3 Å². The third kappa shape index (κ3) is 4.66. The molecule has 0 unspecified atom stereocenters. The molecule has 0 bridgehead atoms. The molecule has 0 radical (unpaired) electrons. The molecule has 0 atom stereocenters. The maximum absolute atomic E-state index is 12.2. The zero-order chi connectivity index (χ0) is 20.1. The molecule has 5 nitrogen and oxygen atoms in total. The molecule has 0 N–H and O–H groups in total. The van der Waals surface area contributed by atoms with E-state index in [1.165, 1.54) is 0 Å². The van der Waals surface area contributed by atoms with Gasteiger partial charge in [0.1, 0.15) is 0 Å². The first-order valence-electron chi connectivity index (χ1n) is 8.89. The predicted octanol–water partition coefficient (Wildman–Crippen LogP) is 5.53. The fraction of sp³-hybridized carbons (Fsp3) is 0.238. The predicted molar refractivity (Wildman–Crippen MR) is 110 cm³/mol. The second-order valence-corrected chi connectivity index (χ2v) is 6.79. The Morgan fingerprint density at radius 2 is 1.89 bits per heavy atom. The molecule has 28 heavy (non-hydrogen) atoms. The number of hydrogen-bond donors (Lipinski definition) is 0. The maximum atomic E-state index is 12.2. The van der Waals surface area contributed by atoms with E-state index in [2.05, 4.69) is 4.99 Å². The van der Waals surface area contributed by atoms with Gasteiger partial charge in [-0.1, -0.05) is 36.2 Å². The minimum Gasteiger partial charge on any atom is -0.490 e. The van der Waals surface area contributed by atoms with Crippen LogP contribution >= 0.6 is 23.2 Å². The first-order valence-corrected chi connectivity index (χ1v) is 9.65. The van der Waals surface area contributed by atoms with Crippen molar-refractivity contribution in [2.24, 2.45) is 4.99 Å². The molecule has 146 valence electrons. The number of hydrogen-bond acceptors (Lipinski definition) is 5. The average Bonchev–Trinajstić information content (AvgIpc) is 3.01. The lowest BCUT2D eigenvalue weighted by molar-refractivity contribution is -0.129. The third-order valence-corrected chi connectivity index (χ3v) is 4.36. The number of carbonyl (C=O) groups is 1. The summed E-state index contributed by atoms with van der Waals surface area (Å²) >= 11 is 12.1. The molecule has 0 aliphatic carbocycles. The Morgan fingerprint density at radius 3 is 2.61 bits per heavy atom. The van der Waals surface area contributed by atoms with Crippen molar-refractivity contribution < 1.29 is 19.0 Å². The molecule has 0 spiro atoms. The molecule has 0 saturated heterocycles. The lowest BCUT2D eigenvalue weighted by Gasteiger charge is -2.12. The summed E-state index contributed by atoms with van der Waals surface area (Å²) in [6.07, 6.45) is 2.53. The van der Waals surface area contributed by atoms with E-state index in [0.717, 1.165) is 12.0 Å². The molecule has 0 aromatic heterocycles. The molecule has 0 amide bonds. The van der Waals surface area contributed by atoms with Crippen molar-refractivity contribution in [3.63, 3.8) is 0 Å². The van der Waals surface area contributed by atoms with Crippen LogP contribution in [0.15, 0.2) is 47.1 Å². The molecule has 3 rings (SSSR count). The summed E-state index contributed by atoms with van der Waals surface area (Å²) in [5, 5.41) is 0.847. The zero-order valence-electron chi connectivity index (χ0n) is 15.5. The van der Waals surface area contributed by atoms with Gasteiger partial charge in [0, 0.05) is 5.02 Å². The number of halogens is 2. The summed E-state index contributed by atoms with van der Waals surface area (Å²) in [5.41, 5.74) is 1.42. The van der Waals surface area contributed by atoms with Crippen LogP contribution in [0.25, 0.3) is 6.08 Å². The average molecular weight is 420 g/mol.